The van der Waals surface area contributed by atoms with Crippen molar-refractivity contribution < 1.29 is 50.0 Å². The van der Waals surface area contributed by atoms with Gasteiger partial charge in [0.2, 0.25) is 0 Å². The van der Waals surface area contributed by atoms with Gasteiger partial charge in [-0.05, 0) is 0 Å². The zero-order valence-corrected chi connectivity index (χ0v) is 18.0. The molecule has 0 saturated carbocycles. The van der Waals surface area contributed by atoms with E-state index in [0.717, 1.165) is 12.8 Å². The van der Waals surface area contributed by atoms with Gasteiger partial charge in [0.15, 0.2) is 0 Å². The smallest absolute Gasteiger partial charge is 1.00 e. The number of hydrogen-bond acceptors (Lipinski definition) is 1. The van der Waals surface area contributed by atoms with Crippen LogP contribution < -0.4 is 24.8 Å². The summed E-state index contributed by atoms with van der Waals surface area (Å²) in [5.41, 5.74) is 3.86. The van der Waals surface area contributed by atoms with E-state index in [0.29, 0.717) is 0 Å². The number of rotatable bonds is 4. The van der Waals surface area contributed by atoms with Gasteiger partial charge in [0.25, 0.3) is 0 Å². The van der Waals surface area contributed by atoms with Crippen LogP contribution in [0.2, 0.25) is 0 Å². The maximum absolute atomic E-state index is 6.58. The summed E-state index contributed by atoms with van der Waals surface area (Å²) in [5, 5.41) is 0. The summed E-state index contributed by atoms with van der Waals surface area (Å²) in [6.45, 7) is 13.4. The molecule has 4 heteroatoms. The summed E-state index contributed by atoms with van der Waals surface area (Å²) in [5.74, 6) is 0. The van der Waals surface area contributed by atoms with Crippen LogP contribution in [0, 0.1) is 5.41 Å². The van der Waals surface area contributed by atoms with Crippen LogP contribution >= 0.6 is 0 Å². The predicted molar refractivity (Wildman–Crippen MR) is 85.6 cm³/mol. The average Bonchev–Trinajstić information content (AvgIpc) is 2.79. The summed E-state index contributed by atoms with van der Waals surface area (Å²) in [6, 6.07) is 0. The predicted octanol–water partition coefficient (Wildman–Crippen LogP) is -0.758. The Labute approximate surface area is 165 Å². The molecule has 1 atom stereocenters. The van der Waals surface area contributed by atoms with Gasteiger partial charge in [0.1, 0.15) is 0 Å². The molecule has 0 fully saturated rings. The molecule has 0 aromatic carbocycles. The van der Waals surface area contributed by atoms with Gasteiger partial charge in [0, 0.05) is 0 Å². The minimum absolute atomic E-state index is 0. The molecule has 0 N–H and O–H groups in total. The fraction of sp³-hybridized carbons (Fsp3) is 0.579. The largest absolute Gasteiger partial charge is 1.00 e. The Bertz CT molecular complexity index is 556. The molecule has 0 aliphatic heterocycles. The molecule has 0 radical (unpaired) electrons. The standard InChI is InChI=1S/C19H27O.2ClH.Ti/c1-14(2)20-19(12-11-15(3)13-16(19)4)18(5,6)17-9-7-8-10-17;;;/h7,9,11,13-14H,8,12H2,1-6H3;2*1H;/q;;;+2/p-2. The van der Waals surface area contributed by atoms with Crippen LogP contribution in [-0.4, -0.2) is 11.7 Å². The molecular weight excluding hydrogens is 363 g/mol. The Kier molecular flexibility index (Phi) is 8.62. The molecule has 0 bridgehead atoms. The van der Waals surface area contributed by atoms with E-state index >= 15 is 0 Å². The summed E-state index contributed by atoms with van der Waals surface area (Å²) < 4.78 is 8.06. The molecule has 2 aliphatic carbocycles. The summed E-state index contributed by atoms with van der Waals surface area (Å²) in [7, 11) is 0. The Morgan fingerprint density at radius 2 is 1.83 bits per heavy atom. The van der Waals surface area contributed by atoms with Crippen molar-refractivity contribution in [3.63, 3.8) is 0 Å². The first-order valence-electron chi connectivity index (χ1n) is 7.86. The molecule has 0 aromatic heterocycles. The third kappa shape index (κ3) is 4.25. The minimum Gasteiger partial charge on any atom is -1.00 e. The van der Waals surface area contributed by atoms with Crippen LogP contribution in [0.1, 0.15) is 54.4 Å². The minimum atomic E-state index is -0.244. The van der Waals surface area contributed by atoms with Crippen LogP contribution in [0.3, 0.4) is 0 Å². The first-order chi connectivity index (χ1) is 9.70. The van der Waals surface area contributed by atoms with E-state index < -0.39 is 0 Å². The molecule has 23 heavy (non-hydrogen) atoms. The van der Waals surface area contributed by atoms with Gasteiger partial charge in [0.05, 0.1) is 0 Å². The van der Waals surface area contributed by atoms with Crippen molar-refractivity contribution >= 4 is 0 Å². The van der Waals surface area contributed by atoms with E-state index in [1.165, 1.54) is 20.6 Å². The van der Waals surface area contributed by atoms with E-state index in [4.69, 9.17) is 4.74 Å². The van der Waals surface area contributed by atoms with Crippen molar-refractivity contribution in [2.75, 3.05) is 0 Å². The van der Waals surface area contributed by atoms with E-state index in [9.17, 15) is 0 Å². The molecule has 127 valence electrons. The fourth-order valence-corrected chi connectivity index (χ4v) is 4.53. The Hall–Kier alpha value is 0.214. The van der Waals surface area contributed by atoms with Gasteiger partial charge in [-0.3, -0.25) is 0 Å². The van der Waals surface area contributed by atoms with E-state index in [1.807, 2.05) is 0 Å². The van der Waals surface area contributed by atoms with Gasteiger partial charge in [-0.25, -0.2) is 0 Å². The van der Waals surface area contributed by atoms with E-state index in [1.54, 1.807) is 0 Å². The van der Waals surface area contributed by atoms with Crippen LogP contribution in [0.4, 0.5) is 0 Å². The summed E-state index contributed by atoms with van der Waals surface area (Å²) in [4.78, 5) is 0. The second kappa shape index (κ2) is 8.54. The average molecular weight is 390 g/mol. The molecule has 0 aromatic rings. The molecule has 2 aliphatic rings. The fourth-order valence-electron chi connectivity index (χ4n) is 3.73. The maximum Gasteiger partial charge on any atom is -1.00 e. The SMILES string of the molecule is CC1=CCC(OC(C)C)(C(C)(C)C2=[C]([Ti+2])CC=C2)C(C)=C1.[Cl-].[Cl-]. The summed E-state index contributed by atoms with van der Waals surface area (Å²) >= 11 is 2.25. The first kappa shape index (κ1) is 23.2. The van der Waals surface area contributed by atoms with Crippen molar-refractivity contribution in [3.8, 4) is 0 Å². The topological polar surface area (TPSA) is 9.23 Å². The van der Waals surface area contributed by atoms with E-state index in [2.05, 4.69) is 86.3 Å². The number of hydrogen-bond donors (Lipinski definition) is 0. The molecule has 2 rings (SSSR count). The Balaban J connectivity index is 0.00000242. The van der Waals surface area contributed by atoms with Crippen LogP contribution in [0.25, 0.3) is 0 Å². The first-order valence-corrected chi connectivity index (χ1v) is 8.64. The van der Waals surface area contributed by atoms with Crippen molar-refractivity contribution in [2.24, 2.45) is 5.41 Å². The molecule has 1 nitrogen and oxygen atoms in total. The second-order valence-electron chi connectivity index (χ2n) is 7.10. The number of allylic oxidation sites excluding steroid dienone is 5. The van der Waals surface area contributed by atoms with Crippen LogP contribution in [0.15, 0.2) is 44.9 Å². The van der Waals surface area contributed by atoms with Gasteiger partial charge in [-0.15, -0.1) is 0 Å². The quantitative estimate of drug-likeness (QED) is 0.574. The monoisotopic (exact) mass is 389 g/mol. The molecule has 0 amide bonds. The van der Waals surface area contributed by atoms with E-state index in [-0.39, 0.29) is 41.9 Å². The van der Waals surface area contributed by atoms with Gasteiger partial charge in [-0.1, -0.05) is 0 Å². The normalized spacial score (nSPS) is 24.2. The van der Waals surface area contributed by atoms with Gasteiger partial charge < -0.3 is 24.8 Å². The molecule has 0 saturated heterocycles. The third-order valence-electron chi connectivity index (χ3n) is 4.84. The Morgan fingerprint density at radius 1 is 1.22 bits per heavy atom. The molecule has 0 spiro atoms. The van der Waals surface area contributed by atoms with Gasteiger partial charge >= 0.3 is 142 Å². The molecule has 0 heterocycles. The van der Waals surface area contributed by atoms with Crippen molar-refractivity contribution in [1.29, 1.82) is 0 Å². The van der Waals surface area contributed by atoms with Crippen LogP contribution in [-0.2, 0) is 25.2 Å². The zero-order chi connectivity index (χ0) is 15.8. The van der Waals surface area contributed by atoms with Crippen LogP contribution in [0.5, 0.6) is 0 Å². The summed E-state index contributed by atoms with van der Waals surface area (Å²) in [6.07, 6.45) is 11.4. The molecule has 1 unspecified atom stereocenters. The second-order valence-corrected chi connectivity index (χ2v) is 8.04. The maximum atomic E-state index is 6.58. The van der Waals surface area contributed by atoms with Crippen molar-refractivity contribution in [1.82, 2.24) is 0 Å². The zero-order valence-electron chi connectivity index (χ0n) is 15.0. The number of halogens is 2. The molecular formula is C19H27Cl2OTi. The number of ether oxygens (including phenoxy) is 1. The van der Waals surface area contributed by atoms with Crippen molar-refractivity contribution in [2.45, 2.75) is 66.1 Å². The van der Waals surface area contributed by atoms with Crippen molar-refractivity contribution in [3.05, 3.63) is 44.9 Å². The van der Waals surface area contributed by atoms with Gasteiger partial charge in [-0.2, -0.15) is 0 Å². The Morgan fingerprint density at radius 3 is 2.26 bits per heavy atom. The third-order valence-corrected chi connectivity index (χ3v) is 5.58.